The average molecular weight is 230 g/mol. The van der Waals surface area contributed by atoms with E-state index in [0.29, 0.717) is 0 Å². The van der Waals surface area contributed by atoms with E-state index in [0.717, 1.165) is 49.6 Å². The second-order valence-corrected chi connectivity index (χ2v) is 4.75. The van der Waals surface area contributed by atoms with Crippen molar-refractivity contribution in [3.05, 3.63) is 24.2 Å². The minimum Gasteiger partial charge on any atom is -0.316 e. The van der Waals surface area contributed by atoms with Crippen LogP contribution in [-0.4, -0.2) is 27.6 Å². The second kappa shape index (κ2) is 4.45. The molecule has 2 aromatic rings. The number of pyridine rings is 1. The summed E-state index contributed by atoms with van der Waals surface area (Å²) in [7, 11) is 0. The monoisotopic (exact) mass is 230 g/mol. The van der Waals surface area contributed by atoms with Crippen LogP contribution in [0.3, 0.4) is 0 Å². The predicted molar refractivity (Wildman–Crippen MR) is 67.9 cm³/mol. The van der Waals surface area contributed by atoms with Gasteiger partial charge in [-0.05, 0) is 37.6 Å². The van der Waals surface area contributed by atoms with E-state index in [2.05, 4.69) is 27.9 Å². The van der Waals surface area contributed by atoms with Crippen LogP contribution in [0, 0.1) is 5.92 Å². The first kappa shape index (κ1) is 10.7. The Morgan fingerprint density at radius 3 is 3.06 bits per heavy atom. The SMILES string of the molecule is CCCn1c(CC2CNC2)nc2cccnc21. The highest BCUT2D eigenvalue weighted by Crippen LogP contribution is 2.18. The number of nitrogens with zero attached hydrogens (tertiary/aromatic N) is 3. The van der Waals surface area contributed by atoms with E-state index < -0.39 is 0 Å². The first-order valence-corrected chi connectivity index (χ1v) is 6.39. The quantitative estimate of drug-likeness (QED) is 0.867. The van der Waals surface area contributed by atoms with Crippen molar-refractivity contribution in [2.75, 3.05) is 13.1 Å². The molecule has 1 aliphatic heterocycles. The van der Waals surface area contributed by atoms with Crippen molar-refractivity contribution in [3.8, 4) is 0 Å². The lowest BCUT2D eigenvalue weighted by atomic mass is 9.99. The minimum atomic E-state index is 0.752. The lowest BCUT2D eigenvalue weighted by Gasteiger charge is -2.26. The third-order valence-electron chi connectivity index (χ3n) is 3.37. The molecule has 2 aromatic heterocycles. The van der Waals surface area contributed by atoms with Gasteiger partial charge in [-0.15, -0.1) is 0 Å². The van der Waals surface area contributed by atoms with Crippen LogP contribution in [0.25, 0.3) is 11.2 Å². The van der Waals surface area contributed by atoms with Gasteiger partial charge < -0.3 is 9.88 Å². The Morgan fingerprint density at radius 1 is 1.47 bits per heavy atom. The number of hydrogen-bond acceptors (Lipinski definition) is 3. The Kier molecular flexibility index (Phi) is 2.81. The third-order valence-corrected chi connectivity index (χ3v) is 3.37. The molecule has 3 rings (SSSR count). The molecule has 90 valence electrons. The van der Waals surface area contributed by atoms with Crippen molar-refractivity contribution in [1.29, 1.82) is 0 Å². The molecule has 1 aliphatic rings. The van der Waals surface area contributed by atoms with Crippen LogP contribution in [0.15, 0.2) is 18.3 Å². The summed E-state index contributed by atoms with van der Waals surface area (Å²) >= 11 is 0. The molecule has 0 amide bonds. The van der Waals surface area contributed by atoms with Crippen LogP contribution in [0.2, 0.25) is 0 Å². The summed E-state index contributed by atoms with van der Waals surface area (Å²) in [4.78, 5) is 9.18. The second-order valence-electron chi connectivity index (χ2n) is 4.75. The summed E-state index contributed by atoms with van der Waals surface area (Å²) in [6.45, 7) is 5.47. The highest BCUT2D eigenvalue weighted by molar-refractivity contribution is 5.71. The van der Waals surface area contributed by atoms with Crippen LogP contribution in [-0.2, 0) is 13.0 Å². The van der Waals surface area contributed by atoms with Crippen molar-refractivity contribution < 1.29 is 0 Å². The number of fused-ring (bicyclic) bond motifs is 1. The zero-order valence-corrected chi connectivity index (χ0v) is 10.2. The molecular weight excluding hydrogens is 212 g/mol. The van der Waals surface area contributed by atoms with Gasteiger partial charge >= 0.3 is 0 Å². The average Bonchev–Trinajstić information content (AvgIpc) is 2.63. The molecule has 0 unspecified atom stereocenters. The molecule has 4 heteroatoms. The van der Waals surface area contributed by atoms with Gasteiger partial charge in [0.2, 0.25) is 0 Å². The Balaban J connectivity index is 1.98. The minimum absolute atomic E-state index is 0.752. The maximum absolute atomic E-state index is 4.73. The number of aromatic nitrogens is 3. The van der Waals surface area contributed by atoms with Gasteiger partial charge in [0, 0.05) is 19.2 Å². The van der Waals surface area contributed by atoms with Gasteiger partial charge in [-0.3, -0.25) is 0 Å². The topological polar surface area (TPSA) is 42.7 Å². The zero-order valence-electron chi connectivity index (χ0n) is 10.2. The zero-order chi connectivity index (χ0) is 11.7. The number of imidazole rings is 1. The van der Waals surface area contributed by atoms with Gasteiger partial charge in [0.15, 0.2) is 5.65 Å². The molecule has 0 saturated carbocycles. The van der Waals surface area contributed by atoms with E-state index in [-0.39, 0.29) is 0 Å². The maximum atomic E-state index is 4.73. The van der Waals surface area contributed by atoms with Crippen molar-refractivity contribution in [1.82, 2.24) is 19.9 Å². The van der Waals surface area contributed by atoms with Crippen molar-refractivity contribution in [2.24, 2.45) is 5.92 Å². The summed E-state index contributed by atoms with van der Waals surface area (Å²) in [5.74, 6) is 1.95. The molecule has 0 radical (unpaired) electrons. The molecule has 0 aliphatic carbocycles. The van der Waals surface area contributed by atoms with Gasteiger partial charge in [-0.25, -0.2) is 9.97 Å². The van der Waals surface area contributed by atoms with E-state index >= 15 is 0 Å². The van der Waals surface area contributed by atoms with Gasteiger partial charge in [-0.2, -0.15) is 0 Å². The van der Waals surface area contributed by atoms with E-state index in [9.17, 15) is 0 Å². The molecular formula is C13H18N4. The third kappa shape index (κ3) is 1.93. The van der Waals surface area contributed by atoms with Crippen molar-refractivity contribution in [2.45, 2.75) is 26.3 Å². The molecule has 17 heavy (non-hydrogen) atoms. The molecule has 1 N–H and O–H groups in total. The van der Waals surface area contributed by atoms with Gasteiger partial charge in [0.25, 0.3) is 0 Å². The summed E-state index contributed by atoms with van der Waals surface area (Å²) in [6.07, 6.45) is 4.05. The van der Waals surface area contributed by atoms with Crippen LogP contribution < -0.4 is 5.32 Å². The van der Waals surface area contributed by atoms with Crippen LogP contribution in [0.1, 0.15) is 19.2 Å². The smallest absolute Gasteiger partial charge is 0.159 e. The van der Waals surface area contributed by atoms with Crippen LogP contribution in [0.5, 0.6) is 0 Å². The fourth-order valence-electron chi connectivity index (χ4n) is 2.37. The Hall–Kier alpha value is -1.42. The van der Waals surface area contributed by atoms with E-state index in [4.69, 9.17) is 4.98 Å². The van der Waals surface area contributed by atoms with E-state index in [1.807, 2.05) is 12.3 Å². The fourth-order valence-corrected chi connectivity index (χ4v) is 2.37. The lowest BCUT2D eigenvalue weighted by Crippen LogP contribution is -2.43. The molecule has 0 spiro atoms. The van der Waals surface area contributed by atoms with Gasteiger partial charge in [0.1, 0.15) is 11.3 Å². The Morgan fingerprint density at radius 2 is 2.35 bits per heavy atom. The van der Waals surface area contributed by atoms with Crippen molar-refractivity contribution in [3.63, 3.8) is 0 Å². The summed E-state index contributed by atoms with van der Waals surface area (Å²) < 4.78 is 2.29. The van der Waals surface area contributed by atoms with Crippen LogP contribution >= 0.6 is 0 Å². The summed E-state index contributed by atoms with van der Waals surface area (Å²) in [6, 6.07) is 4.01. The van der Waals surface area contributed by atoms with Gasteiger partial charge in [0.05, 0.1) is 0 Å². The standard InChI is InChI=1S/C13H18N4/c1-2-6-17-12(7-10-8-14-9-10)16-11-4-3-5-15-13(11)17/h3-5,10,14H,2,6-9H2,1H3. The van der Waals surface area contributed by atoms with E-state index in [1.165, 1.54) is 5.82 Å². The molecule has 0 atom stereocenters. The molecule has 4 nitrogen and oxygen atoms in total. The number of nitrogens with one attached hydrogen (secondary N) is 1. The normalized spacial score (nSPS) is 16.3. The fraction of sp³-hybridized carbons (Fsp3) is 0.538. The van der Waals surface area contributed by atoms with Crippen molar-refractivity contribution >= 4 is 11.2 Å². The molecule has 1 fully saturated rings. The highest BCUT2D eigenvalue weighted by Gasteiger charge is 2.21. The molecule has 1 saturated heterocycles. The summed E-state index contributed by atoms with van der Waals surface area (Å²) in [5, 5.41) is 3.31. The molecule has 3 heterocycles. The highest BCUT2D eigenvalue weighted by atomic mass is 15.1. The maximum Gasteiger partial charge on any atom is 0.159 e. The predicted octanol–water partition coefficient (Wildman–Crippen LogP) is 1.60. The number of rotatable bonds is 4. The Bertz CT molecular complexity index is 513. The molecule has 0 bridgehead atoms. The number of aryl methyl sites for hydroxylation is 1. The summed E-state index contributed by atoms with van der Waals surface area (Å²) in [5.41, 5.74) is 2.07. The van der Waals surface area contributed by atoms with Gasteiger partial charge in [-0.1, -0.05) is 6.92 Å². The first-order chi connectivity index (χ1) is 8.38. The Labute approximate surface area is 101 Å². The van der Waals surface area contributed by atoms with Crippen LogP contribution in [0.4, 0.5) is 0 Å². The number of hydrogen-bond donors (Lipinski definition) is 1. The molecule has 0 aromatic carbocycles. The largest absolute Gasteiger partial charge is 0.316 e. The lowest BCUT2D eigenvalue weighted by molar-refractivity contribution is 0.337. The first-order valence-electron chi connectivity index (χ1n) is 6.39. The van der Waals surface area contributed by atoms with E-state index in [1.54, 1.807) is 0 Å².